The maximum absolute atomic E-state index is 12.3. The van der Waals surface area contributed by atoms with Gasteiger partial charge in [-0.05, 0) is 0 Å². The summed E-state index contributed by atoms with van der Waals surface area (Å²) in [5.41, 5.74) is 0. The van der Waals surface area contributed by atoms with Crippen molar-refractivity contribution in [3.63, 3.8) is 0 Å². The number of carbonyl (C=O) groups excluding carboxylic acids is 8. The molecule has 0 spiro atoms. The van der Waals surface area contributed by atoms with Crippen LogP contribution in [0.4, 0.5) is 0 Å². The average molecular weight is 679 g/mol. The normalized spacial score (nSPS) is 30.0. The van der Waals surface area contributed by atoms with Crippen LogP contribution in [0.1, 0.15) is 55.4 Å². The van der Waals surface area contributed by atoms with Crippen molar-refractivity contribution in [2.45, 2.75) is 117 Å². The molecule has 2 fully saturated rings. The zero-order chi connectivity index (χ0) is 35.6. The first-order valence-corrected chi connectivity index (χ1v) is 14.2. The molecule has 0 amide bonds. The summed E-state index contributed by atoms with van der Waals surface area (Å²) in [7, 11) is 0. The van der Waals surface area contributed by atoms with Gasteiger partial charge in [0.2, 0.25) is 6.29 Å². The van der Waals surface area contributed by atoms with E-state index in [0.29, 0.717) is 0 Å². The molecule has 0 aliphatic carbocycles. The van der Waals surface area contributed by atoms with Crippen molar-refractivity contribution in [2.75, 3.05) is 13.2 Å². The first-order chi connectivity index (χ1) is 21.9. The maximum Gasteiger partial charge on any atom is 0.305 e. The minimum atomic E-state index is -1.86. The first kappa shape index (κ1) is 38.8. The molecule has 0 unspecified atom stereocenters. The van der Waals surface area contributed by atoms with E-state index in [-0.39, 0.29) is 0 Å². The standard InChI is InChI=1S/C28H38O19/c1-11(29)37-9-19-21(39-13(3)31)23(41-15(5)33)25(42-16(6)34)28(46-19)47-24-22(40-14(4)32)20(10-38-12(2)30)45-27(44-18(8)36)26(24)43-17(7)35/h19-28H,9-10H2,1-8H3/t19-,20-,21-,22-,23+,24+,25-,26-,27+,28-/m1/s1. The number of ether oxygens (including phenoxy) is 11. The van der Waals surface area contributed by atoms with Crippen molar-refractivity contribution in [1.82, 2.24) is 0 Å². The van der Waals surface area contributed by atoms with Gasteiger partial charge in [0.25, 0.3) is 0 Å². The van der Waals surface area contributed by atoms with Crippen molar-refractivity contribution < 1.29 is 90.5 Å². The predicted molar refractivity (Wildman–Crippen MR) is 145 cm³/mol. The Kier molecular flexibility index (Phi) is 14.5. The maximum atomic E-state index is 12.3. The second-order valence-corrected chi connectivity index (χ2v) is 10.3. The summed E-state index contributed by atoms with van der Waals surface area (Å²) in [5.74, 6) is -7.04. The first-order valence-electron chi connectivity index (χ1n) is 14.2. The summed E-state index contributed by atoms with van der Waals surface area (Å²) >= 11 is 0. The molecule has 2 heterocycles. The third-order valence-electron chi connectivity index (χ3n) is 6.17. The Balaban J connectivity index is 2.75. The molecule has 47 heavy (non-hydrogen) atoms. The molecule has 19 heteroatoms. The number of rotatable bonds is 12. The van der Waals surface area contributed by atoms with Gasteiger partial charge in [0.15, 0.2) is 36.8 Å². The van der Waals surface area contributed by atoms with E-state index in [9.17, 15) is 38.4 Å². The van der Waals surface area contributed by atoms with E-state index in [4.69, 9.17) is 52.1 Å². The minimum Gasteiger partial charge on any atom is -0.463 e. The quantitative estimate of drug-likeness (QED) is 0.181. The fourth-order valence-corrected chi connectivity index (χ4v) is 4.73. The van der Waals surface area contributed by atoms with E-state index in [1.807, 2.05) is 0 Å². The van der Waals surface area contributed by atoms with Crippen LogP contribution in [0.5, 0.6) is 0 Å². The summed E-state index contributed by atoms with van der Waals surface area (Å²) in [4.78, 5) is 96.4. The van der Waals surface area contributed by atoms with Crippen molar-refractivity contribution in [1.29, 1.82) is 0 Å². The Morgan fingerprint density at radius 1 is 0.383 bits per heavy atom. The minimum absolute atomic E-state index is 0.587. The molecule has 2 rings (SSSR count). The molecule has 2 aliphatic heterocycles. The highest BCUT2D eigenvalue weighted by Gasteiger charge is 2.58. The van der Waals surface area contributed by atoms with Crippen LogP contribution in [0.2, 0.25) is 0 Å². The van der Waals surface area contributed by atoms with Gasteiger partial charge >= 0.3 is 47.8 Å². The van der Waals surface area contributed by atoms with Crippen LogP contribution in [-0.2, 0) is 90.5 Å². The fraction of sp³-hybridized carbons (Fsp3) is 0.714. The molecule has 19 nitrogen and oxygen atoms in total. The smallest absolute Gasteiger partial charge is 0.305 e. The Morgan fingerprint density at radius 2 is 0.702 bits per heavy atom. The summed E-state index contributed by atoms with van der Waals surface area (Å²) in [6.45, 7) is 7.06. The summed E-state index contributed by atoms with van der Waals surface area (Å²) in [5, 5.41) is 0. The second-order valence-electron chi connectivity index (χ2n) is 10.3. The number of hydrogen-bond acceptors (Lipinski definition) is 19. The molecule has 0 aromatic carbocycles. The van der Waals surface area contributed by atoms with Gasteiger partial charge < -0.3 is 52.1 Å². The van der Waals surface area contributed by atoms with Gasteiger partial charge in [0.05, 0.1) is 0 Å². The molecule has 2 saturated heterocycles. The van der Waals surface area contributed by atoms with Crippen LogP contribution in [0, 0.1) is 0 Å². The van der Waals surface area contributed by atoms with E-state index in [0.717, 1.165) is 55.4 Å². The fourth-order valence-electron chi connectivity index (χ4n) is 4.73. The summed E-state index contributed by atoms with van der Waals surface area (Å²) < 4.78 is 60.2. The SMILES string of the molecule is CC(=O)OC[C@H]1O[C@H](O[C@@H]2[C@@H](OC(C)=O)[C@@H](OC(C)=O)O[C@H](COC(C)=O)[C@H]2OC(C)=O)[C@H](OC(C)=O)[C@@H](OC(C)=O)[C@@H]1OC(C)=O. The lowest BCUT2D eigenvalue weighted by Crippen LogP contribution is -2.67. The monoisotopic (exact) mass is 678 g/mol. The van der Waals surface area contributed by atoms with Crippen LogP contribution in [0.15, 0.2) is 0 Å². The Morgan fingerprint density at radius 3 is 1.09 bits per heavy atom. The van der Waals surface area contributed by atoms with Gasteiger partial charge in [0.1, 0.15) is 31.5 Å². The Hall–Kier alpha value is -4.36. The van der Waals surface area contributed by atoms with Gasteiger partial charge in [-0.25, -0.2) is 0 Å². The van der Waals surface area contributed by atoms with E-state index in [2.05, 4.69) is 0 Å². The lowest BCUT2D eigenvalue weighted by molar-refractivity contribution is -0.358. The van der Waals surface area contributed by atoms with E-state index in [1.54, 1.807) is 0 Å². The van der Waals surface area contributed by atoms with Crippen molar-refractivity contribution in [3.05, 3.63) is 0 Å². The lowest BCUT2D eigenvalue weighted by Gasteiger charge is -2.48. The molecule has 0 aromatic rings. The lowest BCUT2D eigenvalue weighted by atomic mass is 9.96. The van der Waals surface area contributed by atoms with E-state index < -0.39 is 122 Å². The van der Waals surface area contributed by atoms with Crippen LogP contribution >= 0.6 is 0 Å². The number of hydrogen-bond donors (Lipinski definition) is 0. The van der Waals surface area contributed by atoms with Crippen LogP contribution in [0.25, 0.3) is 0 Å². The van der Waals surface area contributed by atoms with Crippen LogP contribution in [-0.4, -0.2) is 122 Å². The molecular formula is C28H38O19. The van der Waals surface area contributed by atoms with Gasteiger partial charge in [-0.2, -0.15) is 0 Å². The summed E-state index contributed by atoms with van der Waals surface area (Å²) in [6.07, 6.45) is -16.4. The second kappa shape index (κ2) is 17.5. The van der Waals surface area contributed by atoms with Crippen LogP contribution < -0.4 is 0 Å². The number of esters is 8. The highest BCUT2D eigenvalue weighted by Crippen LogP contribution is 2.35. The van der Waals surface area contributed by atoms with Crippen molar-refractivity contribution >= 4 is 47.8 Å². The Bertz CT molecular complexity index is 1200. The topological polar surface area (TPSA) is 238 Å². The predicted octanol–water partition coefficient (Wildman–Crippen LogP) is -0.831. The average Bonchev–Trinajstić information content (AvgIpc) is 2.91. The van der Waals surface area contributed by atoms with Crippen molar-refractivity contribution in [2.24, 2.45) is 0 Å². The zero-order valence-corrected chi connectivity index (χ0v) is 26.9. The molecule has 264 valence electrons. The third kappa shape index (κ3) is 12.1. The highest BCUT2D eigenvalue weighted by molar-refractivity contribution is 5.69. The van der Waals surface area contributed by atoms with Gasteiger partial charge in [-0.3, -0.25) is 38.4 Å². The van der Waals surface area contributed by atoms with Gasteiger partial charge in [-0.1, -0.05) is 0 Å². The molecule has 0 N–H and O–H groups in total. The molecule has 10 atom stereocenters. The molecule has 0 radical (unpaired) electrons. The molecule has 0 aromatic heterocycles. The molecule has 0 bridgehead atoms. The zero-order valence-electron chi connectivity index (χ0n) is 26.9. The largest absolute Gasteiger partial charge is 0.463 e. The van der Waals surface area contributed by atoms with E-state index >= 15 is 0 Å². The third-order valence-corrected chi connectivity index (χ3v) is 6.17. The van der Waals surface area contributed by atoms with Crippen molar-refractivity contribution in [3.8, 4) is 0 Å². The van der Waals surface area contributed by atoms with Crippen LogP contribution in [0.3, 0.4) is 0 Å². The van der Waals surface area contributed by atoms with Gasteiger partial charge in [0, 0.05) is 55.4 Å². The summed E-state index contributed by atoms with van der Waals surface area (Å²) in [6, 6.07) is 0. The number of carbonyl (C=O) groups is 8. The molecule has 0 saturated carbocycles. The van der Waals surface area contributed by atoms with E-state index in [1.165, 1.54) is 0 Å². The van der Waals surface area contributed by atoms with Gasteiger partial charge in [-0.15, -0.1) is 0 Å². The Labute approximate surface area is 268 Å². The highest BCUT2D eigenvalue weighted by atomic mass is 16.8. The molecule has 2 aliphatic rings. The molecular weight excluding hydrogens is 640 g/mol.